The number of nitrogens with zero attached hydrogens (tertiary/aromatic N) is 2. The van der Waals surface area contributed by atoms with Crippen LogP contribution < -0.4 is 11.1 Å². The van der Waals surface area contributed by atoms with Gasteiger partial charge in [-0.3, -0.25) is 0 Å². The molecule has 0 aliphatic carbocycles. The summed E-state index contributed by atoms with van der Waals surface area (Å²) in [6, 6.07) is 0. The first kappa shape index (κ1) is 14.8. The first-order valence-electron chi connectivity index (χ1n) is 6.56. The molecule has 1 rings (SSSR count). The Hall–Kier alpha value is -1.23. The van der Waals surface area contributed by atoms with E-state index in [9.17, 15) is 5.11 Å². The molecule has 4 N–H and O–H groups in total. The van der Waals surface area contributed by atoms with E-state index >= 15 is 0 Å². The average molecular weight is 254 g/mol. The van der Waals surface area contributed by atoms with Gasteiger partial charge in [0, 0.05) is 13.1 Å². The van der Waals surface area contributed by atoms with Crippen LogP contribution in [0.2, 0.25) is 0 Å². The van der Waals surface area contributed by atoms with Crippen molar-refractivity contribution in [3.63, 3.8) is 0 Å². The fraction of sp³-hybridized carbons (Fsp3) is 0.769. The Kier molecular flexibility index (Phi) is 4.62. The third kappa shape index (κ3) is 3.63. The number of aryl methyl sites for hydroxylation is 2. The third-order valence-electron chi connectivity index (χ3n) is 2.96. The Morgan fingerprint density at radius 3 is 2.61 bits per heavy atom. The first-order chi connectivity index (χ1) is 8.26. The van der Waals surface area contributed by atoms with Crippen molar-refractivity contribution < 1.29 is 5.11 Å². The molecule has 0 bridgehead atoms. The number of anilines is 2. The Balaban J connectivity index is 2.74. The highest BCUT2D eigenvalue weighted by Crippen LogP contribution is 2.24. The molecule has 18 heavy (non-hydrogen) atoms. The average Bonchev–Trinajstić information content (AvgIpc) is 2.50. The third-order valence-corrected chi connectivity index (χ3v) is 2.96. The number of hydrogen-bond acceptors (Lipinski definition) is 4. The van der Waals surface area contributed by atoms with E-state index in [2.05, 4.69) is 24.3 Å². The van der Waals surface area contributed by atoms with E-state index in [-0.39, 0.29) is 0 Å². The van der Waals surface area contributed by atoms with Gasteiger partial charge in [-0.1, -0.05) is 13.8 Å². The van der Waals surface area contributed by atoms with Gasteiger partial charge in [-0.05, 0) is 33.1 Å². The van der Waals surface area contributed by atoms with Crippen LogP contribution in [0.4, 0.5) is 11.5 Å². The molecule has 1 aromatic rings. The molecule has 0 radical (unpaired) electrons. The molecule has 1 atom stereocenters. The van der Waals surface area contributed by atoms with Crippen LogP contribution in [-0.4, -0.2) is 27.0 Å². The molecular formula is C13H26N4O. The number of rotatable bonds is 6. The normalized spacial score (nSPS) is 14.8. The number of nitrogens with one attached hydrogen (secondary N) is 1. The summed E-state index contributed by atoms with van der Waals surface area (Å²) >= 11 is 0. The molecule has 0 aliphatic heterocycles. The molecule has 1 unspecified atom stereocenters. The zero-order valence-corrected chi connectivity index (χ0v) is 12.1. The Morgan fingerprint density at radius 1 is 1.50 bits per heavy atom. The van der Waals surface area contributed by atoms with E-state index in [1.165, 1.54) is 0 Å². The summed E-state index contributed by atoms with van der Waals surface area (Å²) in [5, 5.41) is 17.8. The lowest BCUT2D eigenvalue weighted by Crippen LogP contribution is -2.35. The molecule has 0 aliphatic rings. The number of nitrogens with two attached hydrogens (primary N) is 1. The molecule has 1 heterocycles. The molecule has 5 heteroatoms. The standard InChI is InChI=1S/C13H26N4O/c1-6-17-12(11(14)10(4)16-17)15-8-13(5,18)7-9(2)3/h9,15,18H,6-8,14H2,1-5H3. The summed E-state index contributed by atoms with van der Waals surface area (Å²) < 4.78 is 1.83. The van der Waals surface area contributed by atoms with Gasteiger partial charge in [-0.25, -0.2) is 4.68 Å². The van der Waals surface area contributed by atoms with E-state index < -0.39 is 5.60 Å². The highest BCUT2D eigenvalue weighted by molar-refractivity contribution is 5.64. The summed E-state index contributed by atoms with van der Waals surface area (Å²) in [6.45, 7) is 11.2. The zero-order valence-electron chi connectivity index (χ0n) is 12.1. The number of nitrogen functional groups attached to an aromatic ring is 1. The maximum Gasteiger partial charge on any atom is 0.148 e. The monoisotopic (exact) mass is 254 g/mol. The minimum Gasteiger partial charge on any atom is -0.394 e. The molecule has 0 spiro atoms. The molecule has 0 aromatic carbocycles. The number of hydrogen-bond donors (Lipinski definition) is 3. The second-order valence-electron chi connectivity index (χ2n) is 5.61. The smallest absolute Gasteiger partial charge is 0.148 e. The maximum absolute atomic E-state index is 10.3. The van der Waals surface area contributed by atoms with Crippen LogP contribution in [0.1, 0.15) is 39.8 Å². The van der Waals surface area contributed by atoms with Crippen LogP contribution in [0.3, 0.4) is 0 Å². The minimum atomic E-state index is -0.739. The molecule has 5 nitrogen and oxygen atoms in total. The molecular weight excluding hydrogens is 228 g/mol. The summed E-state index contributed by atoms with van der Waals surface area (Å²) in [4.78, 5) is 0. The quantitative estimate of drug-likeness (QED) is 0.725. The van der Waals surface area contributed by atoms with Crippen molar-refractivity contribution in [1.29, 1.82) is 0 Å². The van der Waals surface area contributed by atoms with Crippen LogP contribution >= 0.6 is 0 Å². The van der Waals surface area contributed by atoms with Crippen molar-refractivity contribution in [2.24, 2.45) is 5.92 Å². The zero-order chi connectivity index (χ0) is 13.9. The molecule has 1 aromatic heterocycles. The van der Waals surface area contributed by atoms with Gasteiger partial charge in [0.25, 0.3) is 0 Å². The van der Waals surface area contributed by atoms with Gasteiger partial charge in [0.05, 0.1) is 17.0 Å². The summed E-state index contributed by atoms with van der Waals surface area (Å²) in [5.74, 6) is 1.26. The molecule has 104 valence electrons. The van der Waals surface area contributed by atoms with E-state index in [0.29, 0.717) is 18.2 Å². The Bertz CT molecular complexity index is 396. The molecule has 0 saturated heterocycles. The fourth-order valence-electron chi connectivity index (χ4n) is 2.24. The maximum atomic E-state index is 10.3. The van der Waals surface area contributed by atoms with Crippen molar-refractivity contribution in [2.45, 2.75) is 53.2 Å². The molecule has 0 fully saturated rings. The van der Waals surface area contributed by atoms with Crippen molar-refractivity contribution in [1.82, 2.24) is 9.78 Å². The van der Waals surface area contributed by atoms with E-state index in [1.54, 1.807) is 0 Å². The van der Waals surface area contributed by atoms with Crippen LogP contribution in [0.5, 0.6) is 0 Å². The minimum absolute atomic E-state index is 0.456. The Morgan fingerprint density at radius 2 is 2.11 bits per heavy atom. The predicted octanol–water partition coefficient (Wildman–Crippen LogP) is 2.00. The van der Waals surface area contributed by atoms with Crippen molar-refractivity contribution in [3.8, 4) is 0 Å². The van der Waals surface area contributed by atoms with Crippen LogP contribution in [0.15, 0.2) is 0 Å². The Labute approximate surface area is 109 Å². The van der Waals surface area contributed by atoms with Crippen molar-refractivity contribution in [2.75, 3.05) is 17.6 Å². The largest absolute Gasteiger partial charge is 0.394 e. The fourth-order valence-corrected chi connectivity index (χ4v) is 2.24. The van der Waals surface area contributed by atoms with E-state index in [1.807, 2.05) is 25.5 Å². The van der Waals surface area contributed by atoms with Crippen molar-refractivity contribution in [3.05, 3.63) is 5.69 Å². The predicted molar refractivity (Wildman–Crippen MR) is 75.6 cm³/mol. The molecule has 0 amide bonds. The highest BCUT2D eigenvalue weighted by atomic mass is 16.3. The lowest BCUT2D eigenvalue weighted by atomic mass is 9.94. The van der Waals surface area contributed by atoms with Gasteiger partial charge in [0.15, 0.2) is 0 Å². The highest BCUT2D eigenvalue weighted by Gasteiger charge is 2.23. The summed E-state index contributed by atoms with van der Waals surface area (Å²) in [6.07, 6.45) is 0.749. The lowest BCUT2D eigenvalue weighted by molar-refractivity contribution is 0.0514. The second-order valence-corrected chi connectivity index (χ2v) is 5.61. The van der Waals surface area contributed by atoms with Crippen molar-refractivity contribution >= 4 is 11.5 Å². The van der Waals surface area contributed by atoms with Crippen LogP contribution in [-0.2, 0) is 6.54 Å². The van der Waals surface area contributed by atoms with Crippen LogP contribution in [0.25, 0.3) is 0 Å². The number of aromatic nitrogens is 2. The summed E-state index contributed by atoms with van der Waals surface area (Å²) in [7, 11) is 0. The van der Waals surface area contributed by atoms with E-state index in [4.69, 9.17) is 5.73 Å². The number of aliphatic hydroxyl groups is 1. The van der Waals surface area contributed by atoms with Gasteiger partial charge in [-0.15, -0.1) is 0 Å². The van der Waals surface area contributed by atoms with Gasteiger partial charge < -0.3 is 16.2 Å². The molecule has 0 saturated carbocycles. The van der Waals surface area contributed by atoms with Gasteiger partial charge in [-0.2, -0.15) is 5.10 Å². The lowest BCUT2D eigenvalue weighted by Gasteiger charge is -2.26. The summed E-state index contributed by atoms with van der Waals surface area (Å²) in [5.41, 5.74) is 6.73. The van der Waals surface area contributed by atoms with Crippen LogP contribution in [0, 0.1) is 12.8 Å². The second kappa shape index (κ2) is 5.61. The van der Waals surface area contributed by atoms with Gasteiger partial charge in [0.1, 0.15) is 5.82 Å². The van der Waals surface area contributed by atoms with Gasteiger partial charge in [0.2, 0.25) is 0 Å². The van der Waals surface area contributed by atoms with E-state index in [0.717, 1.165) is 24.5 Å². The topological polar surface area (TPSA) is 76.1 Å². The SMILES string of the molecule is CCn1nc(C)c(N)c1NCC(C)(O)CC(C)C. The van der Waals surface area contributed by atoms with Gasteiger partial charge >= 0.3 is 0 Å². The first-order valence-corrected chi connectivity index (χ1v) is 6.56.